The number of para-hydroxylation sites is 1. The Bertz CT molecular complexity index is 1240. The van der Waals surface area contributed by atoms with Crippen molar-refractivity contribution in [3.8, 4) is 5.75 Å². The maximum atomic E-state index is 13.0. The third-order valence-corrected chi connectivity index (χ3v) is 7.31. The summed E-state index contributed by atoms with van der Waals surface area (Å²) in [6, 6.07) is 19.9. The van der Waals surface area contributed by atoms with Gasteiger partial charge in [-0.1, -0.05) is 48.5 Å². The highest BCUT2D eigenvalue weighted by Gasteiger charge is 2.34. The van der Waals surface area contributed by atoms with E-state index >= 15 is 0 Å². The first-order valence-electron chi connectivity index (χ1n) is 10.2. The smallest absolute Gasteiger partial charge is 0.243 e. The molecule has 0 radical (unpaired) electrons. The summed E-state index contributed by atoms with van der Waals surface area (Å²) >= 11 is 0. The summed E-state index contributed by atoms with van der Waals surface area (Å²) in [5, 5.41) is 4.79. The Balaban J connectivity index is 1.50. The summed E-state index contributed by atoms with van der Waals surface area (Å²) < 4.78 is 33.1. The van der Waals surface area contributed by atoms with Crippen molar-refractivity contribution in [3.63, 3.8) is 0 Å². The Morgan fingerprint density at radius 3 is 2.52 bits per heavy atom. The van der Waals surface area contributed by atoms with E-state index in [1.54, 1.807) is 18.2 Å². The minimum Gasteiger partial charge on any atom is -0.487 e. The molecule has 6 nitrogen and oxygen atoms in total. The summed E-state index contributed by atoms with van der Waals surface area (Å²) in [6.07, 6.45) is 0.594. The Hall–Kier alpha value is -2.90. The maximum Gasteiger partial charge on any atom is 0.243 e. The molecule has 1 aliphatic heterocycles. The van der Waals surface area contributed by atoms with Gasteiger partial charge in [0.1, 0.15) is 11.4 Å². The highest BCUT2D eigenvalue weighted by molar-refractivity contribution is 7.89. The molecular weight excluding hydrogens is 412 g/mol. The van der Waals surface area contributed by atoms with Crippen LogP contribution in [-0.4, -0.2) is 37.8 Å². The van der Waals surface area contributed by atoms with Gasteiger partial charge in [-0.3, -0.25) is 4.79 Å². The van der Waals surface area contributed by atoms with E-state index in [1.807, 2.05) is 62.4 Å². The van der Waals surface area contributed by atoms with Crippen LogP contribution in [0.2, 0.25) is 0 Å². The minimum atomic E-state index is -3.80. The van der Waals surface area contributed by atoms with Gasteiger partial charge in [0.25, 0.3) is 0 Å². The number of sulfonamides is 1. The molecule has 0 unspecified atom stereocenters. The number of carbonyl (C=O) groups excluding carboxylic acids is 1. The third kappa shape index (κ3) is 4.43. The first-order valence-corrected chi connectivity index (χ1v) is 11.6. The number of nitrogens with one attached hydrogen (secondary N) is 1. The second-order valence-electron chi connectivity index (χ2n) is 8.49. The normalized spacial score (nSPS) is 17.7. The number of ether oxygens (including phenoxy) is 1. The topological polar surface area (TPSA) is 75.7 Å². The van der Waals surface area contributed by atoms with Gasteiger partial charge in [-0.05, 0) is 42.8 Å². The molecule has 4 rings (SSSR count). The van der Waals surface area contributed by atoms with E-state index < -0.39 is 15.6 Å². The Labute approximate surface area is 182 Å². The molecule has 7 heteroatoms. The van der Waals surface area contributed by atoms with Gasteiger partial charge in [0.05, 0.1) is 17.5 Å². The fraction of sp³-hybridized carbons (Fsp3) is 0.292. The quantitative estimate of drug-likeness (QED) is 0.656. The lowest BCUT2D eigenvalue weighted by atomic mass is 9.89. The van der Waals surface area contributed by atoms with E-state index in [4.69, 9.17) is 4.74 Å². The molecule has 1 amide bonds. The van der Waals surface area contributed by atoms with Crippen molar-refractivity contribution in [3.05, 3.63) is 72.3 Å². The number of fused-ring (bicyclic) bond motifs is 2. The predicted octanol–water partition coefficient (Wildman–Crippen LogP) is 3.88. The predicted molar refractivity (Wildman–Crippen MR) is 120 cm³/mol. The van der Waals surface area contributed by atoms with Crippen molar-refractivity contribution in [2.24, 2.45) is 0 Å². The number of carbonyl (C=O) groups is 1. The number of hydrogen-bond acceptors (Lipinski definition) is 4. The third-order valence-electron chi connectivity index (χ3n) is 5.51. The molecule has 0 aliphatic carbocycles. The number of hydrogen-bond donors (Lipinski definition) is 1. The molecule has 1 N–H and O–H groups in total. The molecule has 0 bridgehead atoms. The number of nitrogens with zero attached hydrogens (tertiary/aromatic N) is 1. The van der Waals surface area contributed by atoms with Crippen molar-refractivity contribution in [1.29, 1.82) is 0 Å². The van der Waals surface area contributed by atoms with E-state index in [2.05, 4.69) is 5.32 Å². The van der Waals surface area contributed by atoms with Crippen LogP contribution >= 0.6 is 0 Å². The van der Waals surface area contributed by atoms with E-state index in [0.29, 0.717) is 6.42 Å². The van der Waals surface area contributed by atoms with Gasteiger partial charge in [-0.15, -0.1) is 0 Å². The molecule has 31 heavy (non-hydrogen) atoms. The molecule has 3 aromatic carbocycles. The summed E-state index contributed by atoms with van der Waals surface area (Å²) in [6.45, 7) is 3.67. The number of benzene rings is 3. The van der Waals surface area contributed by atoms with Gasteiger partial charge in [0, 0.05) is 19.0 Å². The summed E-state index contributed by atoms with van der Waals surface area (Å²) in [7, 11) is -2.38. The average molecular weight is 439 g/mol. The zero-order valence-electron chi connectivity index (χ0n) is 17.8. The van der Waals surface area contributed by atoms with Gasteiger partial charge in [-0.25, -0.2) is 8.42 Å². The molecule has 1 heterocycles. The van der Waals surface area contributed by atoms with Crippen LogP contribution in [-0.2, 0) is 14.8 Å². The fourth-order valence-corrected chi connectivity index (χ4v) is 5.13. The lowest BCUT2D eigenvalue weighted by molar-refractivity contribution is -0.122. The maximum absolute atomic E-state index is 13.0. The van der Waals surface area contributed by atoms with Gasteiger partial charge in [-0.2, -0.15) is 4.31 Å². The zero-order valence-corrected chi connectivity index (χ0v) is 18.6. The number of likely N-dealkylation sites (N-methyl/N-ethyl adjacent to an activating group) is 1. The van der Waals surface area contributed by atoms with Crippen LogP contribution in [0.5, 0.6) is 5.75 Å². The molecule has 3 aromatic rings. The van der Waals surface area contributed by atoms with Crippen molar-refractivity contribution < 1.29 is 17.9 Å². The lowest BCUT2D eigenvalue weighted by Gasteiger charge is -2.38. The SMILES string of the molecule is CN(CC(=O)N[C@@H]1CC(C)(C)Oc2ccccc21)S(=O)(=O)c1ccc2ccccc2c1. The van der Waals surface area contributed by atoms with E-state index in [9.17, 15) is 13.2 Å². The molecule has 162 valence electrons. The van der Waals surface area contributed by atoms with Gasteiger partial charge >= 0.3 is 0 Å². The van der Waals surface area contributed by atoms with Crippen molar-refractivity contribution in [2.45, 2.75) is 36.8 Å². The first kappa shape index (κ1) is 21.3. The van der Waals surface area contributed by atoms with Crippen LogP contribution in [0.4, 0.5) is 0 Å². The van der Waals surface area contributed by atoms with Crippen LogP contribution in [0.3, 0.4) is 0 Å². The summed E-state index contributed by atoms with van der Waals surface area (Å²) in [5.74, 6) is 0.380. The summed E-state index contributed by atoms with van der Waals surface area (Å²) in [4.78, 5) is 12.9. The fourth-order valence-electron chi connectivity index (χ4n) is 3.97. The van der Waals surface area contributed by atoms with E-state index in [1.165, 1.54) is 7.05 Å². The molecule has 0 spiro atoms. The van der Waals surface area contributed by atoms with Gasteiger partial charge in [0.15, 0.2) is 0 Å². The zero-order chi connectivity index (χ0) is 22.2. The summed E-state index contributed by atoms with van der Waals surface area (Å²) in [5.41, 5.74) is 0.463. The van der Waals surface area contributed by atoms with Gasteiger partial charge in [0.2, 0.25) is 15.9 Å². The van der Waals surface area contributed by atoms with Crippen molar-refractivity contribution in [1.82, 2.24) is 9.62 Å². The van der Waals surface area contributed by atoms with Crippen LogP contribution in [0.25, 0.3) is 10.8 Å². The van der Waals surface area contributed by atoms with E-state index in [0.717, 1.165) is 26.4 Å². The number of rotatable bonds is 5. The van der Waals surface area contributed by atoms with Gasteiger partial charge < -0.3 is 10.1 Å². The minimum absolute atomic E-state index is 0.166. The largest absolute Gasteiger partial charge is 0.487 e. The van der Waals surface area contributed by atoms with E-state index in [-0.39, 0.29) is 23.4 Å². The average Bonchev–Trinajstić information content (AvgIpc) is 2.72. The first-order chi connectivity index (χ1) is 14.7. The number of amides is 1. The molecule has 0 aromatic heterocycles. The molecular formula is C24H26N2O4S. The van der Waals surface area contributed by atoms with Crippen LogP contribution < -0.4 is 10.1 Å². The molecule has 0 saturated carbocycles. The molecule has 0 saturated heterocycles. The van der Waals surface area contributed by atoms with Crippen molar-refractivity contribution >= 4 is 26.7 Å². The lowest BCUT2D eigenvalue weighted by Crippen LogP contribution is -2.44. The monoisotopic (exact) mass is 438 g/mol. The Morgan fingerprint density at radius 1 is 1.06 bits per heavy atom. The highest BCUT2D eigenvalue weighted by Crippen LogP contribution is 2.39. The van der Waals surface area contributed by atoms with Crippen molar-refractivity contribution in [2.75, 3.05) is 13.6 Å². The van der Waals surface area contributed by atoms with Crippen LogP contribution in [0.1, 0.15) is 31.9 Å². The van der Waals surface area contributed by atoms with Crippen LogP contribution in [0, 0.1) is 0 Å². The Kier molecular flexibility index (Phi) is 5.49. The standard InChI is InChI=1S/C24H26N2O4S/c1-24(2)15-21(20-10-6-7-11-22(20)30-24)25-23(27)16-26(3)31(28,29)19-13-12-17-8-4-5-9-18(17)14-19/h4-14,21H,15-16H2,1-3H3,(H,25,27)/t21-/m1/s1. The second kappa shape index (κ2) is 7.98. The molecule has 1 aliphatic rings. The van der Waals surface area contributed by atoms with Crippen LogP contribution in [0.15, 0.2) is 71.6 Å². The molecule has 1 atom stereocenters. The second-order valence-corrected chi connectivity index (χ2v) is 10.5. The Morgan fingerprint density at radius 2 is 1.74 bits per heavy atom. The highest BCUT2D eigenvalue weighted by atomic mass is 32.2. The molecule has 0 fully saturated rings.